The average Bonchev–Trinajstić information content (AvgIpc) is 3.33. The van der Waals surface area contributed by atoms with E-state index in [1.807, 2.05) is 13.8 Å². The summed E-state index contributed by atoms with van der Waals surface area (Å²) in [7, 11) is 3.03. The Balaban J connectivity index is 1.55. The van der Waals surface area contributed by atoms with Crippen molar-refractivity contribution >= 4 is 45.0 Å². The minimum atomic E-state index is -0.870. The van der Waals surface area contributed by atoms with Crippen LogP contribution in [0.15, 0.2) is 56.9 Å². The van der Waals surface area contributed by atoms with Gasteiger partial charge in [-0.2, -0.15) is 0 Å². The van der Waals surface area contributed by atoms with Gasteiger partial charge in [0.2, 0.25) is 11.8 Å². The van der Waals surface area contributed by atoms with Crippen LogP contribution in [0.5, 0.6) is 23.3 Å². The van der Waals surface area contributed by atoms with Gasteiger partial charge in [-0.25, -0.2) is 0 Å². The van der Waals surface area contributed by atoms with Gasteiger partial charge in [-0.15, -0.1) is 20.5 Å². The molecule has 0 aliphatic carbocycles. The van der Waals surface area contributed by atoms with Crippen LogP contribution in [0.25, 0.3) is 21.8 Å². The first-order chi connectivity index (χ1) is 17.8. The van der Waals surface area contributed by atoms with E-state index < -0.39 is 18.2 Å². The second-order valence-electron chi connectivity index (χ2n) is 7.96. The number of fused-ring (bicyclic) bond motifs is 2. The summed E-state index contributed by atoms with van der Waals surface area (Å²) in [5.74, 6) is -0.969. The number of aromatic hydroxyl groups is 2. The van der Waals surface area contributed by atoms with Gasteiger partial charge in [0.1, 0.15) is 17.9 Å². The number of carbonyl (C=O) groups excluding carboxylic acids is 2. The molecule has 0 aliphatic rings. The highest BCUT2D eigenvalue weighted by atomic mass is 16.5. The van der Waals surface area contributed by atoms with Crippen molar-refractivity contribution in [3.8, 4) is 23.3 Å². The van der Waals surface area contributed by atoms with E-state index in [4.69, 9.17) is 9.47 Å². The van der Waals surface area contributed by atoms with Gasteiger partial charge < -0.3 is 28.8 Å². The van der Waals surface area contributed by atoms with E-state index in [1.165, 1.54) is 14.2 Å². The molecule has 192 valence electrons. The number of hydrogen-bond donors (Lipinski definition) is 2. The Bertz CT molecular complexity index is 1450. The van der Waals surface area contributed by atoms with Crippen LogP contribution in [0.1, 0.15) is 20.3 Å². The summed E-state index contributed by atoms with van der Waals surface area (Å²) >= 11 is 0. The Morgan fingerprint density at radius 2 is 1.16 bits per heavy atom. The lowest BCUT2D eigenvalue weighted by Gasteiger charge is -2.02. The van der Waals surface area contributed by atoms with Gasteiger partial charge in [-0.1, -0.05) is 0 Å². The topological polar surface area (TPSA) is 152 Å². The molecule has 0 unspecified atom stereocenters. The zero-order valence-corrected chi connectivity index (χ0v) is 20.8. The summed E-state index contributed by atoms with van der Waals surface area (Å²) in [4.78, 5) is 24.7. The second kappa shape index (κ2) is 10.5. The van der Waals surface area contributed by atoms with Crippen molar-refractivity contribution in [2.75, 3.05) is 14.2 Å². The number of rotatable bonds is 8. The minimum Gasteiger partial charge on any atom is -0.497 e. The Kier molecular flexibility index (Phi) is 7.18. The van der Waals surface area contributed by atoms with Crippen LogP contribution in [0.2, 0.25) is 0 Å². The molecule has 0 aliphatic heterocycles. The van der Waals surface area contributed by atoms with E-state index in [0.717, 1.165) is 0 Å². The summed E-state index contributed by atoms with van der Waals surface area (Å²) in [5, 5.41) is 37.2. The molecule has 2 N–H and O–H groups in total. The highest BCUT2D eigenvalue weighted by Gasteiger charge is 2.19. The first kappa shape index (κ1) is 25.4. The molecule has 0 saturated heterocycles. The molecule has 2 aromatic heterocycles. The van der Waals surface area contributed by atoms with Gasteiger partial charge in [-0.05, 0) is 50.2 Å². The number of amides is 2. The van der Waals surface area contributed by atoms with Crippen molar-refractivity contribution in [1.82, 2.24) is 9.13 Å². The number of azo groups is 2. The standard InChI is InChI=1S/C25H26N6O6/c1-5-30-18-9-7-14(36-3)11-16(18)22(24(30)34)28-26-20(32)13-21(33)27-29-23-17-12-15(37-4)8-10-19(17)31(6-2)25(23)35/h7-12,34-35H,5-6,13H2,1-4H3. The van der Waals surface area contributed by atoms with E-state index in [2.05, 4.69) is 20.5 Å². The first-order valence-electron chi connectivity index (χ1n) is 11.5. The Morgan fingerprint density at radius 3 is 1.51 bits per heavy atom. The molecule has 4 aromatic rings. The summed E-state index contributed by atoms with van der Waals surface area (Å²) in [6, 6.07) is 10.4. The molecular weight excluding hydrogens is 480 g/mol. The van der Waals surface area contributed by atoms with Crippen molar-refractivity contribution in [2.45, 2.75) is 33.4 Å². The number of methoxy groups -OCH3 is 2. The Hall–Kier alpha value is -4.74. The van der Waals surface area contributed by atoms with Crippen LogP contribution >= 0.6 is 0 Å². The molecule has 2 amide bonds. The number of carbonyl (C=O) groups is 2. The summed E-state index contributed by atoms with van der Waals surface area (Å²) < 4.78 is 13.7. The van der Waals surface area contributed by atoms with Gasteiger partial charge in [0.15, 0.2) is 11.4 Å². The molecule has 0 bridgehead atoms. The molecule has 37 heavy (non-hydrogen) atoms. The molecule has 12 heteroatoms. The summed E-state index contributed by atoms with van der Waals surface area (Å²) in [6.45, 7) is 4.63. The maximum Gasteiger partial charge on any atom is 0.274 e. The van der Waals surface area contributed by atoms with Crippen molar-refractivity contribution < 1.29 is 29.3 Å². The van der Waals surface area contributed by atoms with E-state index in [9.17, 15) is 19.8 Å². The van der Waals surface area contributed by atoms with E-state index in [0.29, 0.717) is 46.4 Å². The number of nitrogens with zero attached hydrogens (tertiary/aromatic N) is 6. The molecule has 0 atom stereocenters. The van der Waals surface area contributed by atoms with Crippen LogP contribution in [0.4, 0.5) is 11.4 Å². The molecule has 0 spiro atoms. The number of aromatic nitrogens is 2. The summed E-state index contributed by atoms with van der Waals surface area (Å²) in [6.07, 6.45) is -0.694. The maximum atomic E-state index is 12.3. The highest BCUT2D eigenvalue weighted by Crippen LogP contribution is 2.41. The third kappa shape index (κ3) is 4.73. The van der Waals surface area contributed by atoms with Gasteiger partial charge >= 0.3 is 0 Å². The lowest BCUT2D eigenvalue weighted by molar-refractivity contribution is -0.126. The van der Waals surface area contributed by atoms with Crippen molar-refractivity contribution in [1.29, 1.82) is 0 Å². The monoisotopic (exact) mass is 506 g/mol. The molecule has 0 saturated carbocycles. The molecule has 0 radical (unpaired) electrons. The van der Waals surface area contributed by atoms with Crippen LogP contribution < -0.4 is 9.47 Å². The van der Waals surface area contributed by atoms with Crippen molar-refractivity contribution in [2.24, 2.45) is 20.5 Å². The van der Waals surface area contributed by atoms with Crippen LogP contribution in [-0.4, -0.2) is 45.4 Å². The zero-order chi connectivity index (χ0) is 26.7. The largest absolute Gasteiger partial charge is 0.497 e. The highest BCUT2D eigenvalue weighted by molar-refractivity contribution is 6.00. The van der Waals surface area contributed by atoms with E-state index in [1.54, 1.807) is 45.5 Å². The molecule has 4 rings (SSSR count). The van der Waals surface area contributed by atoms with E-state index in [-0.39, 0.29) is 23.1 Å². The van der Waals surface area contributed by atoms with Crippen molar-refractivity contribution in [3.05, 3.63) is 36.4 Å². The molecular formula is C25H26N6O6. The first-order valence-corrected chi connectivity index (χ1v) is 11.5. The van der Waals surface area contributed by atoms with Crippen molar-refractivity contribution in [3.63, 3.8) is 0 Å². The van der Waals surface area contributed by atoms with Crippen LogP contribution in [0, 0.1) is 0 Å². The summed E-state index contributed by atoms with van der Waals surface area (Å²) in [5.41, 5.74) is 1.55. The predicted octanol–water partition coefficient (Wildman–Crippen LogP) is 5.38. The third-order valence-electron chi connectivity index (χ3n) is 5.89. The molecule has 12 nitrogen and oxygen atoms in total. The lowest BCUT2D eigenvalue weighted by Crippen LogP contribution is -2.01. The Labute approximate surface area is 211 Å². The van der Waals surface area contributed by atoms with Crippen LogP contribution in [-0.2, 0) is 22.7 Å². The Morgan fingerprint density at radius 1 is 0.757 bits per heavy atom. The average molecular weight is 507 g/mol. The molecule has 2 heterocycles. The SMILES string of the molecule is CCn1c(O)c(N=NC(=O)CC(=O)N=Nc2c(O)n(CC)c3ccc(OC)cc23)c2cc(OC)ccc21. The third-order valence-corrected chi connectivity index (χ3v) is 5.89. The molecule has 2 aromatic carbocycles. The fraction of sp³-hybridized carbons (Fsp3) is 0.280. The number of ether oxygens (including phenoxy) is 2. The van der Waals surface area contributed by atoms with Gasteiger partial charge in [-0.3, -0.25) is 9.59 Å². The normalized spacial score (nSPS) is 11.8. The van der Waals surface area contributed by atoms with Crippen LogP contribution in [0.3, 0.4) is 0 Å². The molecule has 0 fully saturated rings. The minimum absolute atomic E-state index is 0.0874. The zero-order valence-electron chi connectivity index (χ0n) is 20.8. The lowest BCUT2D eigenvalue weighted by atomic mass is 10.2. The fourth-order valence-electron chi connectivity index (χ4n) is 4.11. The van der Waals surface area contributed by atoms with Gasteiger partial charge in [0.05, 0.1) is 25.3 Å². The number of hydrogen-bond acceptors (Lipinski definition) is 8. The fourth-order valence-corrected chi connectivity index (χ4v) is 4.11. The smallest absolute Gasteiger partial charge is 0.274 e. The quantitative estimate of drug-likeness (QED) is 0.242. The van der Waals surface area contributed by atoms with E-state index >= 15 is 0 Å². The maximum absolute atomic E-state index is 12.3. The van der Waals surface area contributed by atoms with Gasteiger partial charge in [0, 0.05) is 23.9 Å². The van der Waals surface area contributed by atoms with Gasteiger partial charge in [0.25, 0.3) is 11.8 Å². The second-order valence-corrected chi connectivity index (χ2v) is 7.96. The number of aryl methyl sites for hydroxylation is 2. The predicted molar refractivity (Wildman–Crippen MR) is 135 cm³/mol. The number of benzene rings is 2.